The predicted molar refractivity (Wildman–Crippen MR) is 60.9 cm³/mol. The van der Waals surface area contributed by atoms with E-state index in [1.807, 2.05) is 30.3 Å². The number of hydrogen-bond acceptors (Lipinski definition) is 3. The van der Waals surface area contributed by atoms with Crippen LogP contribution in [-0.4, -0.2) is 34.9 Å². The molecular formula is C13H13NO3. The quantitative estimate of drug-likeness (QED) is 0.779. The molecule has 0 radical (unpaired) electrons. The minimum Gasteiger partial charge on any atom is -0.384 e. The summed E-state index contributed by atoms with van der Waals surface area (Å²) in [7, 11) is 0. The lowest BCUT2D eigenvalue weighted by Crippen LogP contribution is -2.46. The fraction of sp³-hybridized carbons (Fsp3) is 0.308. The van der Waals surface area contributed by atoms with Gasteiger partial charge in [-0.1, -0.05) is 30.3 Å². The highest BCUT2D eigenvalue weighted by Gasteiger charge is 2.42. The number of hydrogen-bond donors (Lipinski definition) is 1. The molecule has 3 rings (SSSR count). The Bertz CT molecular complexity index is 457. The molecule has 0 bridgehead atoms. The van der Waals surface area contributed by atoms with Crippen LogP contribution < -0.4 is 0 Å². The third kappa shape index (κ3) is 1.66. The number of aliphatic hydroxyl groups is 1. The van der Waals surface area contributed by atoms with Gasteiger partial charge in [-0.15, -0.1) is 0 Å². The molecule has 3 atom stereocenters. The van der Waals surface area contributed by atoms with Gasteiger partial charge in [-0.25, -0.2) is 0 Å². The topological polar surface area (TPSA) is 49.8 Å². The van der Waals surface area contributed by atoms with Crippen molar-refractivity contribution < 1.29 is 14.6 Å². The summed E-state index contributed by atoms with van der Waals surface area (Å²) in [5, 5.41) is 9.76. The van der Waals surface area contributed by atoms with E-state index in [9.17, 15) is 9.90 Å². The van der Waals surface area contributed by atoms with Gasteiger partial charge in [-0.2, -0.15) is 0 Å². The summed E-state index contributed by atoms with van der Waals surface area (Å²) in [6.45, 7) is 0.430. The number of amides is 1. The van der Waals surface area contributed by atoms with Gasteiger partial charge < -0.3 is 14.7 Å². The van der Waals surface area contributed by atoms with Crippen molar-refractivity contribution in [2.75, 3.05) is 6.61 Å². The summed E-state index contributed by atoms with van der Waals surface area (Å²) < 4.78 is 5.51. The summed E-state index contributed by atoms with van der Waals surface area (Å²) in [6.07, 6.45) is 1.61. The number of carbonyl (C=O) groups excluding carboxylic acids is 1. The Labute approximate surface area is 99.1 Å². The molecule has 1 aromatic rings. The van der Waals surface area contributed by atoms with Gasteiger partial charge in [0, 0.05) is 6.08 Å². The summed E-state index contributed by atoms with van der Waals surface area (Å²) >= 11 is 0. The minimum absolute atomic E-state index is 0.103. The monoisotopic (exact) mass is 231 g/mol. The molecule has 1 fully saturated rings. The van der Waals surface area contributed by atoms with E-state index in [-0.39, 0.29) is 11.9 Å². The Kier molecular flexibility index (Phi) is 2.46. The van der Waals surface area contributed by atoms with Crippen molar-refractivity contribution in [2.45, 2.75) is 18.4 Å². The number of benzene rings is 1. The molecule has 1 amide bonds. The maximum absolute atomic E-state index is 11.9. The highest BCUT2D eigenvalue weighted by atomic mass is 16.5. The number of fused-ring (bicyclic) bond motifs is 1. The molecule has 0 saturated carbocycles. The first-order chi connectivity index (χ1) is 8.27. The second-order valence-electron chi connectivity index (χ2n) is 4.25. The molecule has 2 heterocycles. The molecule has 0 aromatic heterocycles. The van der Waals surface area contributed by atoms with Crippen molar-refractivity contribution in [2.24, 2.45) is 0 Å². The summed E-state index contributed by atoms with van der Waals surface area (Å²) in [6, 6.07) is 9.63. The highest BCUT2D eigenvalue weighted by molar-refractivity contribution is 5.89. The molecule has 2 aliphatic heterocycles. The number of aliphatic hydroxyl groups excluding tert-OH is 1. The molecule has 0 aliphatic carbocycles. The van der Waals surface area contributed by atoms with Crippen molar-refractivity contribution in [1.29, 1.82) is 0 Å². The summed E-state index contributed by atoms with van der Waals surface area (Å²) in [4.78, 5) is 13.5. The Morgan fingerprint density at radius 2 is 2.06 bits per heavy atom. The maximum Gasteiger partial charge on any atom is 0.249 e. The molecule has 3 unspecified atom stereocenters. The zero-order valence-corrected chi connectivity index (χ0v) is 9.19. The highest BCUT2D eigenvalue weighted by Crippen LogP contribution is 2.33. The molecule has 2 aliphatic rings. The number of nitrogens with zero attached hydrogens (tertiary/aromatic N) is 1. The molecule has 88 valence electrons. The van der Waals surface area contributed by atoms with Crippen LogP contribution in [0.1, 0.15) is 11.6 Å². The molecule has 4 heteroatoms. The van der Waals surface area contributed by atoms with E-state index >= 15 is 0 Å². The molecule has 17 heavy (non-hydrogen) atoms. The predicted octanol–water partition coefficient (Wildman–Crippen LogP) is 0.843. The van der Waals surface area contributed by atoms with Gasteiger partial charge in [0.1, 0.15) is 6.10 Å². The molecule has 1 aromatic carbocycles. The maximum atomic E-state index is 11.9. The average Bonchev–Trinajstić information content (AvgIpc) is 2.81. The lowest BCUT2D eigenvalue weighted by molar-refractivity contribution is -0.139. The Morgan fingerprint density at radius 1 is 1.29 bits per heavy atom. The fourth-order valence-corrected chi connectivity index (χ4v) is 2.36. The lowest BCUT2D eigenvalue weighted by atomic mass is 10.0. The molecule has 1 N–H and O–H groups in total. The molecular weight excluding hydrogens is 218 g/mol. The lowest BCUT2D eigenvalue weighted by Gasteiger charge is -2.31. The van der Waals surface area contributed by atoms with E-state index in [1.54, 1.807) is 4.90 Å². The van der Waals surface area contributed by atoms with Crippen LogP contribution in [0.4, 0.5) is 0 Å². The van der Waals surface area contributed by atoms with Crippen LogP contribution in [0.3, 0.4) is 0 Å². The van der Waals surface area contributed by atoms with Crippen LogP contribution in [0.2, 0.25) is 0 Å². The van der Waals surface area contributed by atoms with Gasteiger partial charge in [0.15, 0.2) is 6.23 Å². The third-order valence-electron chi connectivity index (χ3n) is 3.20. The Morgan fingerprint density at radius 3 is 2.82 bits per heavy atom. The Balaban J connectivity index is 1.94. The van der Waals surface area contributed by atoms with E-state index in [0.717, 1.165) is 5.56 Å². The van der Waals surface area contributed by atoms with Gasteiger partial charge in [0.25, 0.3) is 0 Å². The average molecular weight is 231 g/mol. The van der Waals surface area contributed by atoms with E-state index < -0.39 is 12.3 Å². The SMILES string of the molecule is O=C1C=CC(O)C2OCC(c3ccccc3)N12. The van der Waals surface area contributed by atoms with Crippen LogP contribution in [0, 0.1) is 0 Å². The minimum atomic E-state index is -0.735. The molecule has 4 nitrogen and oxygen atoms in total. The Hall–Kier alpha value is -1.65. The van der Waals surface area contributed by atoms with Crippen LogP contribution in [0.25, 0.3) is 0 Å². The standard InChI is InChI=1S/C13H13NO3/c15-11-6-7-12(16)14-10(8-17-13(11)14)9-4-2-1-3-5-9/h1-7,10-11,13,15H,8H2. The first-order valence-corrected chi connectivity index (χ1v) is 5.62. The number of rotatable bonds is 1. The van der Waals surface area contributed by atoms with E-state index in [1.165, 1.54) is 12.2 Å². The van der Waals surface area contributed by atoms with Gasteiger partial charge in [0.2, 0.25) is 5.91 Å². The smallest absolute Gasteiger partial charge is 0.249 e. The second-order valence-corrected chi connectivity index (χ2v) is 4.25. The van der Waals surface area contributed by atoms with Crippen LogP contribution >= 0.6 is 0 Å². The van der Waals surface area contributed by atoms with Crippen molar-refractivity contribution in [3.8, 4) is 0 Å². The van der Waals surface area contributed by atoms with Gasteiger partial charge >= 0.3 is 0 Å². The summed E-state index contributed by atoms with van der Waals surface area (Å²) in [5.74, 6) is -0.105. The van der Waals surface area contributed by atoms with Crippen molar-refractivity contribution in [3.05, 3.63) is 48.0 Å². The third-order valence-corrected chi connectivity index (χ3v) is 3.20. The largest absolute Gasteiger partial charge is 0.384 e. The van der Waals surface area contributed by atoms with Gasteiger partial charge in [-0.05, 0) is 11.6 Å². The first kappa shape index (κ1) is 10.5. The normalized spacial score (nSPS) is 31.7. The van der Waals surface area contributed by atoms with E-state index in [4.69, 9.17) is 4.74 Å². The molecule has 0 spiro atoms. The molecule has 1 saturated heterocycles. The van der Waals surface area contributed by atoms with Crippen molar-refractivity contribution in [1.82, 2.24) is 4.90 Å². The first-order valence-electron chi connectivity index (χ1n) is 5.62. The zero-order chi connectivity index (χ0) is 11.8. The number of carbonyl (C=O) groups is 1. The van der Waals surface area contributed by atoms with E-state index in [2.05, 4.69) is 0 Å². The zero-order valence-electron chi connectivity index (χ0n) is 9.19. The number of ether oxygens (including phenoxy) is 1. The van der Waals surface area contributed by atoms with E-state index in [0.29, 0.717) is 6.61 Å². The van der Waals surface area contributed by atoms with Crippen LogP contribution in [-0.2, 0) is 9.53 Å². The second kappa shape index (κ2) is 3.98. The van der Waals surface area contributed by atoms with Gasteiger partial charge in [-0.3, -0.25) is 4.79 Å². The fourth-order valence-electron chi connectivity index (χ4n) is 2.36. The van der Waals surface area contributed by atoms with Crippen LogP contribution in [0.15, 0.2) is 42.5 Å². The van der Waals surface area contributed by atoms with Crippen molar-refractivity contribution >= 4 is 5.91 Å². The van der Waals surface area contributed by atoms with Gasteiger partial charge in [0.05, 0.1) is 12.6 Å². The van der Waals surface area contributed by atoms with Crippen LogP contribution in [0.5, 0.6) is 0 Å². The van der Waals surface area contributed by atoms with Crippen molar-refractivity contribution in [3.63, 3.8) is 0 Å². The summed E-state index contributed by atoms with van der Waals surface area (Å²) in [5.41, 5.74) is 1.03.